The minimum atomic E-state index is -3.51. The van der Waals surface area contributed by atoms with Crippen molar-refractivity contribution in [1.29, 1.82) is 0 Å². The van der Waals surface area contributed by atoms with Gasteiger partial charge in [0.25, 0.3) is 0 Å². The molecule has 0 aromatic rings. The molecule has 0 N–H and O–H groups in total. The van der Waals surface area contributed by atoms with E-state index < -0.39 is 16.5 Å². The molecule has 2 atom stereocenters. The van der Waals surface area contributed by atoms with Crippen LogP contribution >= 0.6 is 28.1 Å². The molecule has 9 heteroatoms. The summed E-state index contributed by atoms with van der Waals surface area (Å²) >= 11 is 4.64. The van der Waals surface area contributed by atoms with Gasteiger partial charge in [0.15, 0.2) is 0 Å². The van der Waals surface area contributed by atoms with Gasteiger partial charge in [0.2, 0.25) is 0 Å². The third-order valence-corrected chi connectivity index (χ3v) is 1.50. The maximum Gasteiger partial charge on any atom is 2.00 e. The Kier molecular flexibility index (Phi) is 22.7. The first kappa shape index (κ1) is 17.5. The van der Waals surface area contributed by atoms with Crippen molar-refractivity contribution in [3.05, 3.63) is 0 Å². The van der Waals surface area contributed by atoms with E-state index >= 15 is 0 Å². The van der Waals surface area contributed by atoms with Gasteiger partial charge in [0, 0.05) is 6.38 Å². The van der Waals surface area contributed by atoms with E-state index in [-0.39, 0.29) is 22.4 Å². The number of halogens is 1. The molecule has 0 saturated carbocycles. The van der Waals surface area contributed by atoms with Crippen LogP contribution in [0.25, 0.3) is 0 Å². The Bertz CT molecular complexity index is 95.8. The number of hydrogen-bond acceptors (Lipinski definition) is 5. The average molecular weight is 302 g/mol. The second kappa shape index (κ2) is 13.0. The molecule has 0 heterocycles. The normalized spacial score (nSPS) is 13.6. The SMILES string of the molecule is CCl.O=[PH]([O-])O[PH](=O)[O-].[Ag+2]. The molecule has 0 spiro atoms. The fourth-order valence-electron chi connectivity index (χ4n) is 0.0680. The topological polar surface area (TPSA) is 89.5 Å². The molecule has 10 heavy (non-hydrogen) atoms. The molecular formula is CH5AgClO5P2. The van der Waals surface area contributed by atoms with E-state index in [0.29, 0.717) is 0 Å². The van der Waals surface area contributed by atoms with Crippen molar-refractivity contribution in [2.75, 3.05) is 6.38 Å². The van der Waals surface area contributed by atoms with Gasteiger partial charge in [0.05, 0.1) is 0 Å². The third-order valence-electron chi connectivity index (χ3n) is 0.167. The first-order valence-corrected chi connectivity index (χ1v) is 4.81. The predicted octanol–water partition coefficient (Wildman–Crippen LogP) is -0.645. The second-order valence-corrected chi connectivity index (χ2v) is 2.42. The fourth-order valence-corrected chi connectivity index (χ4v) is 0.612. The van der Waals surface area contributed by atoms with Crippen LogP contribution in [0.2, 0.25) is 0 Å². The predicted molar refractivity (Wildman–Crippen MR) is 30.9 cm³/mol. The van der Waals surface area contributed by atoms with Gasteiger partial charge in [-0.2, -0.15) is 0 Å². The van der Waals surface area contributed by atoms with Crippen LogP contribution in [0.15, 0.2) is 0 Å². The van der Waals surface area contributed by atoms with E-state index in [1.165, 1.54) is 6.38 Å². The Balaban J connectivity index is -0.000000149. The molecular weight excluding hydrogens is 297 g/mol. The fraction of sp³-hybridized carbons (Fsp3) is 1.00. The Morgan fingerprint density at radius 2 is 1.40 bits per heavy atom. The maximum absolute atomic E-state index is 9.29. The molecule has 2 unspecified atom stereocenters. The van der Waals surface area contributed by atoms with Gasteiger partial charge in [-0.1, -0.05) is 0 Å². The molecule has 0 rings (SSSR count). The molecule has 0 aliphatic heterocycles. The molecule has 0 bridgehead atoms. The summed E-state index contributed by atoms with van der Waals surface area (Å²) in [4.78, 5) is 18.6. The molecule has 0 saturated heterocycles. The van der Waals surface area contributed by atoms with E-state index in [1.807, 2.05) is 0 Å². The molecule has 0 aliphatic carbocycles. The zero-order valence-electron chi connectivity index (χ0n) is 4.72. The third kappa shape index (κ3) is 22.8. The van der Waals surface area contributed by atoms with Crippen molar-refractivity contribution in [3.63, 3.8) is 0 Å². The van der Waals surface area contributed by atoms with Crippen LogP contribution in [0.4, 0.5) is 0 Å². The van der Waals surface area contributed by atoms with Crippen LogP contribution in [0.5, 0.6) is 0 Å². The minimum absolute atomic E-state index is 0. The van der Waals surface area contributed by atoms with Gasteiger partial charge in [-0.15, -0.1) is 11.6 Å². The first-order chi connectivity index (χ1) is 4.13. The summed E-state index contributed by atoms with van der Waals surface area (Å²) in [7, 11) is -7.03. The van der Waals surface area contributed by atoms with E-state index in [1.54, 1.807) is 0 Å². The minimum Gasteiger partial charge on any atom is -0.781 e. The largest absolute Gasteiger partial charge is 2.00 e. The van der Waals surface area contributed by atoms with Crippen LogP contribution in [-0.4, -0.2) is 6.38 Å². The van der Waals surface area contributed by atoms with Crippen LogP contribution in [0.3, 0.4) is 0 Å². The first-order valence-electron chi connectivity index (χ1n) is 1.60. The van der Waals surface area contributed by atoms with Crippen molar-refractivity contribution in [2.24, 2.45) is 0 Å². The summed E-state index contributed by atoms with van der Waals surface area (Å²) < 4.78 is 21.8. The molecule has 67 valence electrons. The van der Waals surface area contributed by atoms with E-state index in [4.69, 9.17) is 0 Å². The maximum atomic E-state index is 9.29. The van der Waals surface area contributed by atoms with Gasteiger partial charge < -0.3 is 18.9 Å². The van der Waals surface area contributed by atoms with Crippen LogP contribution in [0.1, 0.15) is 0 Å². The monoisotopic (exact) mass is 301 g/mol. The van der Waals surface area contributed by atoms with Crippen molar-refractivity contribution < 1.29 is 45.6 Å². The second-order valence-electron chi connectivity index (χ2n) is 0.602. The van der Waals surface area contributed by atoms with E-state index in [2.05, 4.69) is 15.9 Å². The summed E-state index contributed by atoms with van der Waals surface area (Å²) in [6.07, 6.45) is 1.47. The molecule has 0 aromatic carbocycles. The Morgan fingerprint density at radius 3 is 1.40 bits per heavy atom. The van der Waals surface area contributed by atoms with Crippen molar-refractivity contribution in [3.8, 4) is 0 Å². The van der Waals surface area contributed by atoms with Crippen molar-refractivity contribution in [1.82, 2.24) is 0 Å². The number of rotatable bonds is 2. The summed E-state index contributed by atoms with van der Waals surface area (Å²) in [6, 6.07) is 0. The summed E-state index contributed by atoms with van der Waals surface area (Å²) in [5.41, 5.74) is 0. The summed E-state index contributed by atoms with van der Waals surface area (Å²) in [5, 5.41) is 0. The van der Waals surface area contributed by atoms with Crippen molar-refractivity contribution >= 4 is 28.1 Å². The molecule has 1 radical (unpaired) electrons. The average Bonchev–Trinajstić information content (AvgIpc) is 1.68. The van der Waals surface area contributed by atoms with Crippen LogP contribution in [0, 0.1) is 0 Å². The van der Waals surface area contributed by atoms with Crippen molar-refractivity contribution in [2.45, 2.75) is 0 Å². The molecule has 0 amide bonds. The number of alkyl halides is 1. The van der Waals surface area contributed by atoms with Gasteiger partial charge in [-0.3, -0.25) is 4.31 Å². The van der Waals surface area contributed by atoms with Crippen LogP contribution in [-0.2, 0) is 35.8 Å². The Morgan fingerprint density at radius 1 is 1.20 bits per heavy atom. The Hall–Kier alpha value is 1.37. The van der Waals surface area contributed by atoms with Gasteiger partial charge in [-0.05, 0) is 0 Å². The summed E-state index contributed by atoms with van der Waals surface area (Å²) in [5.74, 6) is 0. The smallest absolute Gasteiger partial charge is 0.781 e. The van der Waals surface area contributed by atoms with Gasteiger partial charge >= 0.3 is 22.4 Å². The van der Waals surface area contributed by atoms with Gasteiger partial charge in [0.1, 0.15) is 16.5 Å². The van der Waals surface area contributed by atoms with Crippen LogP contribution < -0.4 is 9.79 Å². The molecule has 0 aliphatic rings. The van der Waals surface area contributed by atoms with E-state index in [0.717, 1.165) is 0 Å². The quantitative estimate of drug-likeness (QED) is 0.384. The molecule has 0 fully saturated rings. The number of hydrogen-bond donors (Lipinski definition) is 0. The zero-order valence-corrected chi connectivity index (χ0v) is 8.96. The van der Waals surface area contributed by atoms with Gasteiger partial charge in [-0.25, -0.2) is 0 Å². The van der Waals surface area contributed by atoms with E-state index in [9.17, 15) is 18.9 Å². The summed E-state index contributed by atoms with van der Waals surface area (Å²) in [6.45, 7) is 0. The molecule has 0 aromatic heterocycles. The molecule has 5 nitrogen and oxygen atoms in total. The standard InChI is InChI=1S/CH3Cl.Ag.H4O5P2/c1-2;;1-6(2)5-7(3)4/h1H3;;6-7H,(H,1,2)(H,3,4)/q;+2;/p-2. The zero-order chi connectivity index (χ0) is 7.86. The Labute approximate surface area is 80.1 Å².